The Morgan fingerprint density at radius 3 is 1.73 bits per heavy atom. The first-order valence-electron chi connectivity index (χ1n) is 8.63. The maximum absolute atomic E-state index is 11.1. The van der Waals surface area contributed by atoms with Gasteiger partial charge in [0.25, 0.3) is 0 Å². The minimum Gasteiger partial charge on any atom is -0.507 e. The van der Waals surface area contributed by atoms with Gasteiger partial charge < -0.3 is 10.0 Å². The number of hydrogen-bond acceptors (Lipinski definition) is 3. The first kappa shape index (κ1) is 17.7. The molecule has 3 aromatic carbocycles. The Kier molecular flexibility index (Phi) is 4.81. The van der Waals surface area contributed by atoms with E-state index in [2.05, 4.69) is 69.0 Å². The second-order valence-corrected chi connectivity index (χ2v) is 6.78. The number of rotatable bonds is 4. The van der Waals surface area contributed by atoms with Gasteiger partial charge >= 0.3 is 0 Å². The van der Waals surface area contributed by atoms with Gasteiger partial charge in [0.05, 0.1) is 5.56 Å². The summed E-state index contributed by atoms with van der Waals surface area (Å²) in [6, 6.07) is 17.8. The summed E-state index contributed by atoms with van der Waals surface area (Å²) < 4.78 is 0. The van der Waals surface area contributed by atoms with Crippen molar-refractivity contribution in [2.24, 2.45) is 0 Å². The molecule has 0 saturated carbocycles. The van der Waals surface area contributed by atoms with Crippen LogP contribution < -0.4 is 4.90 Å². The van der Waals surface area contributed by atoms with Gasteiger partial charge in [-0.05, 0) is 63.1 Å². The van der Waals surface area contributed by atoms with E-state index >= 15 is 0 Å². The van der Waals surface area contributed by atoms with E-state index in [9.17, 15) is 9.90 Å². The van der Waals surface area contributed by atoms with Crippen LogP contribution in [0.1, 0.15) is 32.6 Å². The van der Waals surface area contributed by atoms with Crippen LogP contribution in [0.15, 0.2) is 54.6 Å². The first-order valence-corrected chi connectivity index (χ1v) is 8.63. The van der Waals surface area contributed by atoms with E-state index in [0.29, 0.717) is 6.29 Å². The molecule has 26 heavy (non-hydrogen) atoms. The molecule has 1 N–H and O–H groups in total. The summed E-state index contributed by atoms with van der Waals surface area (Å²) in [7, 11) is 0. The van der Waals surface area contributed by atoms with E-state index in [-0.39, 0.29) is 11.3 Å². The van der Waals surface area contributed by atoms with Gasteiger partial charge in [0, 0.05) is 23.1 Å². The first-order chi connectivity index (χ1) is 12.4. The molecule has 0 amide bonds. The maximum atomic E-state index is 11.1. The molecular formula is C23H23NO2. The van der Waals surface area contributed by atoms with Crippen molar-refractivity contribution in [3.63, 3.8) is 0 Å². The smallest absolute Gasteiger partial charge is 0.153 e. The van der Waals surface area contributed by atoms with Crippen LogP contribution in [-0.2, 0) is 0 Å². The molecule has 0 bridgehead atoms. The number of carbonyl (C=O) groups excluding carboxylic acids is 1. The topological polar surface area (TPSA) is 40.5 Å². The second-order valence-electron chi connectivity index (χ2n) is 6.78. The normalized spacial score (nSPS) is 10.6. The maximum Gasteiger partial charge on any atom is 0.153 e. The molecular weight excluding hydrogens is 322 g/mol. The summed E-state index contributed by atoms with van der Waals surface area (Å²) in [4.78, 5) is 13.2. The number of nitrogens with zero attached hydrogens (tertiary/aromatic N) is 1. The minimum atomic E-state index is -0.0166. The molecule has 0 aliphatic carbocycles. The van der Waals surface area contributed by atoms with Crippen molar-refractivity contribution in [1.82, 2.24) is 0 Å². The standard InChI is InChI=1S/C23H23NO2/c1-15-5-9-21(17(3)11-15)24(22-10-6-16(2)12-18(22)4)20-8-7-19(14-25)23(26)13-20/h5-14,26H,1-4H3. The number of aldehydes is 1. The van der Waals surface area contributed by atoms with E-state index < -0.39 is 0 Å². The number of phenols is 1. The molecule has 3 heteroatoms. The summed E-state index contributed by atoms with van der Waals surface area (Å²) in [5, 5.41) is 10.2. The molecule has 0 heterocycles. The van der Waals surface area contributed by atoms with Crippen molar-refractivity contribution in [3.8, 4) is 5.75 Å². The van der Waals surface area contributed by atoms with Crippen LogP contribution in [0.4, 0.5) is 17.1 Å². The van der Waals surface area contributed by atoms with Crippen molar-refractivity contribution >= 4 is 23.3 Å². The molecule has 0 spiro atoms. The molecule has 0 saturated heterocycles. The van der Waals surface area contributed by atoms with E-state index in [1.807, 2.05) is 6.07 Å². The van der Waals surface area contributed by atoms with Gasteiger partial charge in [-0.25, -0.2) is 0 Å². The average molecular weight is 345 g/mol. The molecule has 3 rings (SSSR count). The number of aromatic hydroxyl groups is 1. The monoisotopic (exact) mass is 345 g/mol. The third-order valence-electron chi connectivity index (χ3n) is 4.59. The van der Waals surface area contributed by atoms with Crippen molar-refractivity contribution < 1.29 is 9.90 Å². The van der Waals surface area contributed by atoms with Crippen LogP contribution in [0.25, 0.3) is 0 Å². The average Bonchev–Trinajstić information content (AvgIpc) is 2.59. The van der Waals surface area contributed by atoms with Gasteiger partial charge in [-0.3, -0.25) is 4.79 Å². The zero-order valence-corrected chi connectivity index (χ0v) is 15.6. The Bertz CT molecular complexity index is 924. The van der Waals surface area contributed by atoms with Crippen LogP contribution in [0.3, 0.4) is 0 Å². The lowest BCUT2D eigenvalue weighted by Gasteiger charge is -2.29. The highest BCUT2D eigenvalue weighted by atomic mass is 16.3. The van der Waals surface area contributed by atoms with Gasteiger partial charge in [0.1, 0.15) is 5.75 Å². The van der Waals surface area contributed by atoms with Crippen molar-refractivity contribution in [2.45, 2.75) is 27.7 Å². The third kappa shape index (κ3) is 3.33. The zero-order valence-electron chi connectivity index (χ0n) is 15.6. The molecule has 0 aliphatic heterocycles. The SMILES string of the molecule is Cc1ccc(N(c2ccc(C=O)c(O)c2)c2ccc(C)cc2C)c(C)c1. The number of aryl methyl sites for hydroxylation is 4. The Hall–Kier alpha value is -3.07. The fourth-order valence-electron chi connectivity index (χ4n) is 3.29. The molecule has 0 aromatic heterocycles. The highest BCUT2D eigenvalue weighted by Gasteiger charge is 2.17. The Labute approximate surface area is 154 Å². The minimum absolute atomic E-state index is 0.0166. The van der Waals surface area contributed by atoms with Crippen LogP contribution in [-0.4, -0.2) is 11.4 Å². The molecule has 0 unspecified atom stereocenters. The molecule has 0 fully saturated rings. The quantitative estimate of drug-likeness (QED) is 0.598. The van der Waals surface area contributed by atoms with E-state index in [4.69, 9.17) is 0 Å². The number of hydrogen-bond donors (Lipinski definition) is 1. The molecule has 3 nitrogen and oxygen atoms in total. The van der Waals surface area contributed by atoms with Crippen molar-refractivity contribution in [1.29, 1.82) is 0 Å². The van der Waals surface area contributed by atoms with Crippen molar-refractivity contribution in [3.05, 3.63) is 82.4 Å². The van der Waals surface area contributed by atoms with E-state index in [1.54, 1.807) is 12.1 Å². The summed E-state index contributed by atoms with van der Waals surface area (Å²) in [6.45, 7) is 8.31. The van der Waals surface area contributed by atoms with E-state index in [0.717, 1.165) is 28.2 Å². The predicted molar refractivity (Wildman–Crippen MR) is 107 cm³/mol. The fraction of sp³-hybridized carbons (Fsp3) is 0.174. The Morgan fingerprint density at radius 1 is 0.769 bits per heavy atom. The zero-order chi connectivity index (χ0) is 18.8. The second kappa shape index (κ2) is 7.04. The fourth-order valence-corrected chi connectivity index (χ4v) is 3.29. The van der Waals surface area contributed by atoms with E-state index in [1.165, 1.54) is 11.1 Å². The molecule has 0 atom stereocenters. The summed E-state index contributed by atoms with van der Waals surface area (Å²) in [6.07, 6.45) is 0.664. The molecule has 0 radical (unpaired) electrons. The lowest BCUT2D eigenvalue weighted by atomic mass is 10.0. The Balaban J connectivity index is 2.25. The van der Waals surface area contributed by atoms with Gasteiger partial charge in [-0.2, -0.15) is 0 Å². The summed E-state index contributed by atoms with van der Waals surface area (Å²) >= 11 is 0. The largest absolute Gasteiger partial charge is 0.507 e. The highest BCUT2D eigenvalue weighted by Crippen LogP contribution is 2.40. The number of carbonyl (C=O) groups is 1. The van der Waals surface area contributed by atoms with Gasteiger partial charge in [0.2, 0.25) is 0 Å². The highest BCUT2D eigenvalue weighted by molar-refractivity contribution is 5.85. The predicted octanol–water partition coefficient (Wildman–Crippen LogP) is 5.91. The number of anilines is 3. The lowest BCUT2D eigenvalue weighted by Crippen LogP contribution is -2.13. The summed E-state index contributed by atoms with van der Waals surface area (Å²) in [5.41, 5.74) is 7.87. The lowest BCUT2D eigenvalue weighted by molar-refractivity contribution is 0.112. The van der Waals surface area contributed by atoms with Crippen LogP contribution in [0.2, 0.25) is 0 Å². The Morgan fingerprint density at radius 2 is 1.31 bits per heavy atom. The number of phenolic OH excluding ortho intramolecular Hbond substituents is 1. The summed E-state index contributed by atoms with van der Waals surface area (Å²) in [5.74, 6) is -0.0166. The van der Waals surface area contributed by atoms with Crippen molar-refractivity contribution in [2.75, 3.05) is 4.90 Å². The molecule has 3 aromatic rings. The van der Waals surface area contributed by atoms with Gasteiger partial charge in [-0.1, -0.05) is 35.4 Å². The van der Waals surface area contributed by atoms with Crippen LogP contribution >= 0.6 is 0 Å². The number of benzene rings is 3. The van der Waals surface area contributed by atoms with Gasteiger partial charge in [0.15, 0.2) is 6.29 Å². The van der Waals surface area contributed by atoms with Crippen LogP contribution in [0, 0.1) is 27.7 Å². The molecule has 0 aliphatic rings. The van der Waals surface area contributed by atoms with Crippen LogP contribution in [0.5, 0.6) is 5.75 Å². The molecule has 132 valence electrons. The van der Waals surface area contributed by atoms with Gasteiger partial charge in [-0.15, -0.1) is 0 Å². The third-order valence-corrected chi connectivity index (χ3v) is 4.59.